The molecule has 1 N–H and O–H groups in total. The van der Waals surface area contributed by atoms with E-state index in [1.165, 1.54) is 24.8 Å². The van der Waals surface area contributed by atoms with E-state index in [1.807, 2.05) is 7.05 Å². The van der Waals surface area contributed by atoms with Gasteiger partial charge in [0.2, 0.25) is 0 Å². The van der Waals surface area contributed by atoms with Crippen LogP contribution in [0.1, 0.15) is 30.7 Å². The summed E-state index contributed by atoms with van der Waals surface area (Å²) in [6.07, 6.45) is 4.12. The van der Waals surface area contributed by atoms with Gasteiger partial charge in [-0.3, -0.25) is 0 Å². The maximum atomic E-state index is 5.57. The molecule has 0 radical (unpaired) electrons. The van der Waals surface area contributed by atoms with Gasteiger partial charge >= 0.3 is 0 Å². The lowest BCUT2D eigenvalue weighted by atomic mass is 9.80. The summed E-state index contributed by atoms with van der Waals surface area (Å²) in [6, 6.07) is 8.59. The van der Waals surface area contributed by atoms with Crippen LogP contribution in [-0.2, 0) is 0 Å². The van der Waals surface area contributed by atoms with Gasteiger partial charge in [-0.15, -0.1) is 0 Å². The average Bonchev–Trinajstić information content (AvgIpc) is 2.18. The predicted molar refractivity (Wildman–Crippen MR) is 62.5 cm³/mol. The summed E-state index contributed by atoms with van der Waals surface area (Å²) in [7, 11) is 1.93. The number of rotatable bonds is 5. The van der Waals surface area contributed by atoms with Crippen LogP contribution in [0.5, 0.6) is 5.75 Å². The molecule has 0 spiro atoms. The number of likely N-dealkylation sites (N-methyl/N-ethyl adjacent to an activating group) is 1. The second-order valence-electron chi connectivity index (χ2n) is 4.15. The number of nitrogens with one attached hydrogen (secondary N) is 1. The zero-order valence-corrected chi connectivity index (χ0v) is 9.33. The molecule has 0 aromatic heterocycles. The fraction of sp³-hybridized carbons (Fsp3) is 0.538. The molecule has 0 unspecified atom stereocenters. The molecule has 1 aromatic rings. The Labute approximate surface area is 91.6 Å². The molecule has 1 aliphatic carbocycles. The van der Waals surface area contributed by atoms with E-state index in [9.17, 15) is 0 Å². The third-order valence-electron chi connectivity index (χ3n) is 3.08. The van der Waals surface area contributed by atoms with Crippen LogP contribution in [0.15, 0.2) is 24.3 Å². The van der Waals surface area contributed by atoms with Crippen molar-refractivity contribution in [1.29, 1.82) is 0 Å². The maximum Gasteiger partial charge on any atom is 0.119 e. The molecule has 0 heterocycles. The van der Waals surface area contributed by atoms with Crippen molar-refractivity contribution in [2.75, 3.05) is 20.2 Å². The van der Waals surface area contributed by atoms with E-state index < -0.39 is 0 Å². The van der Waals surface area contributed by atoms with Crippen molar-refractivity contribution >= 4 is 0 Å². The minimum absolute atomic E-state index is 0.735. The van der Waals surface area contributed by atoms with Crippen molar-refractivity contribution in [2.45, 2.75) is 25.2 Å². The van der Waals surface area contributed by atoms with Crippen LogP contribution in [0, 0.1) is 0 Å². The largest absolute Gasteiger partial charge is 0.492 e. The minimum atomic E-state index is 0.735. The molecule has 2 heteroatoms. The SMILES string of the molecule is CNCCOc1ccc(C2CCC2)cc1. The summed E-state index contributed by atoms with van der Waals surface area (Å²) < 4.78 is 5.57. The van der Waals surface area contributed by atoms with Crippen molar-refractivity contribution in [3.63, 3.8) is 0 Å². The molecule has 2 rings (SSSR count). The highest BCUT2D eigenvalue weighted by Crippen LogP contribution is 2.36. The van der Waals surface area contributed by atoms with E-state index in [0.29, 0.717) is 0 Å². The van der Waals surface area contributed by atoms with Gasteiger partial charge in [0.15, 0.2) is 0 Å². The monoisotopic (exact) mass is 205 g/mol. The van der Waals surface area contributed by atoms with Crippen LogP contribution >= 0.6 is 0 Å². The molecular formula is C13H19NO. The van der Waals surface area contributed by atoms with E-state index in [4.69, 9.17) is 4.74 Å². The van der Waals surface area contributed by atoms with Gasteiger partial charge in [0.1, 0.15) is 12.4 Å². The number of ether oxygens (including phenoxy) is 1. The Balaban J connectivity index is 1.86. The Morgan fingerprint density at radius 3 is 2.53 bits per heavy atom. The Morgan fingerprint density at radius 1 is 1.27 bits per heavy atom. The molecule has 0 bridgehead atoms. The van der Waals surface area contributed by atoms with Crippen LogP contribution in [0.4, 0.5) is 0 Å². The lowest BCUT2D eigenvalue weighted by molar-refractivity contribution is 0.318. The van der Waals surface area contributed by atoms with Crippen LogP contribution in [-0.4, -0.2) is 20.2 Å². The van der Waals surface area contributed by atoms with E-state index in [0.717, 1.165) is 24.8 Å². The normalized spacial score (nSPS) is 16.1. The lowest BCUT2D eigenvalue weighted by Crippen LogP contribution is -2.16. The van der Waals surface area contributed by atoms with Crippen molar-refractivity contribution < 1.29 is 4.74 Å². The Bertz CT molecular complexity index is 290. The van der Waals surface area contributed by atoms with Crippen molar-refractivity contribution in [3.8, 4) is 5.75 Å². The topological polar surface area (TPSA) is 21.3 Å². The quantitative estimate of drug-likeness (QED) is 0.746. The fourth-order valence-electron chi connectivity index (χ4n) is 1.85. The third-order valence-corrected chi connectivity index (χ3v) is 3.08. The molecular weight excluding hydrogens is 186 g/mol. The summed E-state index contributed by atoms with van der Waals surface area (Å²) in [4.78, 5) is 0. The molecule has 0 atom stereocenters. The first-order valence-electron chi connectivity index (χ1n) is 5.77. The highest BCUT2D eigenvalue weighted by molar-refractivity contribution is 5.30. The third kappa shape index (κ3) is 2.72. The minimum Gasteiger partial charge on any atom is -0.492 e. The van der Waals surface area contributed by atoms with Crippen molar-refractivity contribution in [2.24, 2.45) is 0 Å². The van der Waals surface area contributed by atoms with Gasteiger partial charge in [-0.25, -0.2) is 0 Å². The predicted octanol–water partition coefficient (Wildman–Crippen LogP) is 2.55. The summed E-state index contributed by atoms with van der Waals surface area (Å²) in [6.45, 7) is 1.63. The van der Waals surface area contributed by atoms with Gasteiger partial charge < -0.3 is 10.1 Å². The van der Waals surface area contributed by atoms with Crippen LogP contribution < -0.4 is 10.1 Å². The van der Waals surface area contributed by atoms with Gasteiger partial charge in [0.05, 0.1) is 0 Å². The standard InChI is InChI=1S/C13H19NO/c1-14-9-10-15-13-7-5-12(6-8-13)11-3-2-4-11/h5-8,11,14H,2-4,9-10H2,1H3. The Kier molecular flexibility index (Phi) is 3.62. The Morgan fingerprint density at radius 2 is 2.00 bits per heavy atom. The van der Waals surface area contributed by atoms with E-state index in [2.05, 4.69) is 29.6 Å². The number of hydrogen-bond acceptors (Lipinski definition) is 2. The van der Waals surface area contributed by atoms with E-state index in [1.54, 1.807) is 0 Å². The lowest BCUT2D eigenvalue weighted by Gasteiger charge is -2.25. The molecule has 1 saturated carbocycles. The molecule has 1 aromatic carbocycles. The molecule has 1 aliphatic rings. The maximum absolute atomic E-state index is 5.57. The first kappa shape index (κ1) is 10.5. The molecule has 0 aliphatic heterocycles. The first-order valence-corrected chi connectivity index (χ1v) is 5.77. The highest BCUT2D eigenvalue weighted by Gasteiger charge is 2.18. The van der Waals surface area contributed by atoms with Gasteiger partial charge in [-0.1, -0.05) is 18.6 Å². The van der Waals surface area contributed by atoms with Gasteiger partial charge in [-0.2, -0.15) is 0 Å². The van der Waals surface area contributed by atoms with Gasteiger partial charge in [0.25, 0.3) is 0 Å². The molecule has 15 heavy (non-hydrogen) atoms. The van der Waals surface area contributed by atoms with Crippen LogP contribution in [0.2, 0.25) is 0 Å². The number of benzene rings is 1. The van der Waals surface area contributed by atoms with Gasteiger partial charge in [-0.05, 0) is 43.5 Å². The summed E-state index contributed by atoms with van der Waals surface area (Å²) >= 11 is 0. The van der Waals surface area contributed by atoms with Crippen molar-refractivity contribution in [1.82, 2.24) is 5.32 Å². The molecule has 0 saturated heterocycles. The van der Waals surface area contributed by atoms with Gasteiger partial charge in [0, 0.05) is 6.54 Å². The average molecular weight is 205 g/mol. The van der Waals surface area contributed by atoms with Crippen molar-refractivity contribution in [3.05, 3.63) is 29.8 Å². The summed E-state index contributed by atoms with van der Waals surface area (Å²) in [5.41, 5.74) is 1.47. The zero-order chi connectivity index (χ0) is 10.5. The highest BCUT2D eigenvalue weighted by atomic mass is 16.5. The first-order chi connectivity index (χ1) is 7.40. The summed E-state index contributed by atoms with van der Waals surface area (Å²) in [5, 5.41) is 3.06. The van der Waals surface area contributed by atoms with E-state index >= 15 is 0 Å². The molecule has 2 nitrogen and oxygen atoms in total. The number of hydrogen-bond donors (Lipinski definition) is 1. The van der Waals surface area contributed by atoms with E-state index in [-0.39, 0.29) is 0 Å². The Hall–Kier alpha value is -1.02. The van der Waals surface area contributed by atoms with Crippen LogP contribution in [0.3, 0.4) is 0 Å². The second kappa shape index (κ2) is 5.17. The van der Waals surface area contributed by atoms with Crippen LogP contribution in [0.25, 0.3) is 0 Å². The molecule has 1 fully saturated rings. The zero-order valence-electron chi connectivity index (χ0n) is 9.33. The molecule has 0 amide bonds. The fourth-order valence-corrected chi connectivity index (χ4v) is 1.85. The molecule has 82 valence electrons. The second-order valence-corrected chi connectivity index (χ2v) is 4.15. The smallest absolute Gasteiger partial charge is 0.119 e. The summed E-state index contributed by atoms with van der Waals surface area (Å²) in [5.74, 6) is 1.80.